The van der Waals surface area contributed by atoms with Crippen molar-refractivity contribution in [2.75, 3.05) is 0 Å². The van der Waals surface area contributed by atoms with E-state index in [-0.39, 0.29) is 0 Å². The lowest BCUT2D eigenvalue weighted by Gasteiger charge is -2.43. The van der Waals surface area contributed by atoms with Gasteiger partial charge in [-0.05, 0) is 36.5 Å². The van der Waals surface area contributed by atoms with Crippen LogP contribution in [0.4, 0.5) is 0 Å². The maximum atomic E-state index is 11.3. The minimum Gasteiger partial charge on any atom is -0.300 e. The van der Waals surface area contributed by atoms with Gasteiger partial charge in [-0.3, -0.25) is 4.79 Å². The Morgan fingerprint density at radius 1 is 1.38 bits per heavy atom. The van der Waals surface area contributed by atoms with Crippen molar-refractivity contribution < 1.29 is 4.79 Å². The summed E-state index contributed by atoms with van der Waals surface area (Å²) in [6.45, 7) is 9.19. The third kappa shape index (κ3) is 3.61. The lowest BCUT2D eigenvalue weighted by Crippen LogP contribution is -2.33. The number of hydrogen-bond donors (Lipinski definition) is 0. The quantitative estimate of drug-likeness (QED) is 0.667. The molecule has 0 spiro atoms. The average Bonchev–Trinajstić information content (AvgIpc) is 2.21. The Hall–Kier alpha value is -0.330. The molecule has 0 bridgehead atoms. The van der Waals surface area contributed by atoms with Crippen LogP contribution in [0.2, 0.25) is 0 Å². The first-order valence-electron chi connectivity index (χ1n) is 6.99. The van der Waals surface area contributed by atoms with E-state index in [1.54, 1.807) is 0 Å². The fourth-order valence-electron chi connectivity index (χ4n) is 3.41. The molecule has 1 aliphatic rings. The molecule has 1 fully saturated rings. The maximum absolute atomic E-state index is 11.3. The molecule has 16 heavy (non-hydrogen) atoms. The van der Waals surface area contributed by atoms with Crippen LogP contribution in [0, 0.1) is 17.3 Å². The van der Waals surface area contributed by atoms with Gasteiger partial charge >= 0.3 is 0 Å². The van der Waals surface area contributed by atoms with Gasteiger partial charge in [-0.25, -0.2) is 0 Å². The molecule has 0 aromatic heterocycles. The summed E-state index contributed by atoms with van der Waals surface area (Å²) in [7, 11) is 0. The van der Waals surface area contributed by atoms with Crippen LogP contribution < -0.4 is 0 Å². The first-order valence-corrected chi connectivity index (χ1v) is 6.99. The van der Waals surface area contributed by atoms with E-state index in [1.807, 2.05) is 6.92 Å². The molecule has 0 heterocycles. The van der Waals surface area contributed by atoms with Crippen LogP contribution in [0.15, 0.2) is 0 Å². The first kappa shape index (κ1) is 13.7. The molecule has 0 amide bonds. The minimum atomic E-state index is 0.432. The molecule has 0 N–H and O–H groups in total. The number of ketones is 1. The smallest absolute Gasteiger partial charge is 0.132 e. The van der Waals surface area contributed by atoms with E-state index < -0.39 is 0 Å². The summed E-state index contributed by atoms with van der Waals surface area (Å²) < 4.78 is 0. The first-order chi connectivity index (χ1) is 7.47. The SMILES string of the molecule is CCC(=O)CCCC1C(C)CCCC1(C)C. The summed E-state index contributed by atoms with van der Waals surface area (Å²) >= 11 is 0. The average molecular weight is 224 g/mol. The highest BCUT2D eigenvalue weighted by atomic mass is 16.1. The monoisotopic (exact) mass is 224 g/mol. The lowest BCUT2D eigenvalue weighted by molar-refractivity contribution is -0.119. The van der Waals surface area contributed by atoms with Gasteiger partial charge in [0, 0.05) is 12.8 Å². The molecule has 94 valence electrons. The molecule has 1 heteroatoms. The Balaban J connectivity index is 2.40. The third-order valence-corrected chi connectivity index (χ3v) is 4.54. The zero-order valence-electron chi connectivity index (χ0n) is 11.5. The molecule has 0 aromatic rings. The molecular weight excluding hydrogens is 196 g/mol. The van der Waals surface area contributed by atoms with E-state index in [0.29, 0.717) is 17.6 Å². The molecule has 2 atom stereocenters. The molecule has 2 unspecified atom stereocenters. The molecule has 1 nitrogen and oxygen atoms in total. The molecule has 1 rings (SSSR count). The highest BCUT2D eigenvalue weighted by Gasteiger charge is 2.35. The Labute approximate surface area is 101 Å². The van der Waals surface area contributed by atoms with Crippen molar-refractivity contribution in [1.29, 1.82) is 0 Å². The lowest BCUT2D eigenvalue weighted by atomic mass is 9.62. The van der Waals surface area contributed by atoms with Crippen LogP contribution in [0.5, 0.6) is 0 Å². The second-order valence-corrected chi connectivity index (χ2v) is 6.25. The molecule has 0 radical (unpaired) electrons. The third-order valence-electron chi connectivity index (χ3n) is 4.54. The highest BCUT2D eigenvalue weighted by Crippen LogP contribution is 2.46. The summed E-state index contributed by atoms with van der Waals surface area (Å²) in [5.41, 5.74) is 0.493. The van der Waals surface area contributed by atoms with Gasteiger partial charge in [-0.15, -0.1) is 0 Å². The van der Waals surface area contributed by atoms with Gasteiger partial charge in [-0.2, -0.15) is 0 Å². The van der Waals surface area contributed by atoms with Gasteiger partial charge in [0.15, 0.2) is 0 Å². The van der Waals surface area contributed by atoms with Gasteiger partial charge in [0.2, 0.25) is 0 Å². The van der Waals surface area contributed by atoms with E-state index in [4.69, 9.17) is 0 Å². The number of rotatable bonds is 5. The Bertz CT molecular complexity index is 230. The van der Waals surface area contributed by atoms with E-state index in [0.717, 1.165) is 24.7 Å². The van der Waals surface area contributed by atoms with Crippen molar-refractivity contribution in [1.82, 2.24) is 0 Å². The van der Waals surface area contributed by atoms with Crippen molar-refractivity contribution in [3.05, 3.63) is 0 Å². The van der Waals surface area contributed by atoms with Gasteiger partial charge in [0.05, 0.1) is 0 Å². The van der Waals surface area contributed by atoms with Crippen LogP contribution in [0.3, 0.4) is 0 Å². The number of carbonyl (C=O) groups excluding carboxylic acids is 1. The van der Waals surface area contributed by atoms with E-state index >= 15 is 0 Å². The standard InChI is InChI=1S/C15H28O/c1-5-13(16)9-6-10-14-12(2)8-7-11-15(14,3)4/h12,14H,5-11H2,1-4H3. The Kier molecular flexibility index (Phi) is 5.01. The highest BCUT2D eigenvalue weighted by molar-refractivity contribution is 5.77. The van der Waals surface area contributed by atoms with Crippen LogP contribution in [0.1, 0.15) is 72.6 Å². The summed E-state index contributed by atoms with van der Waals surface area (Å²) in [5.74, 6) is 2.10. The molecule has 0 aromatic carbocycles. The van der Waals surface area contributed by atoms with Gasteiger partial charge < -0.3 is 0 Å². The zero-order valence-corrected chi connectivity index (χ0v) is 11.5. The predicted octanol–water partition coefficient (Wildman–Crippen LogP) is 4.60. The topological polar surface area (TPSA) is 17.1 Å². The summed E-state index contributed by atoms with van der Waals surface area (Å²) in [6.07, 6.45) is 8.00. The van der Waals surface area contributed by atoms with Gasteiger partial charge in [0.1, 0.15) is 5.78 Å². The maximum Gasteiger partial charge on any atom is 0.132 e. The number of carbonyl (C=O) groups is 1. The number of Topliss-reactive ketones (excluding diaryl/α,β-unsaturated/α-hetero) is 1. The Morgan fingerprint density at radius 3 is 2.62 bits per heavy atom. The second-order valence-electron chi connectivity index (χ2n) is 6.25. The van der Waals surface area contributed by atoms with Crippen LogP contribution in [-0.4, -0.2) is 5.78 Å². The van der Waals surface area contributed by atoms with Crippen molar-refractivity contribution in [2.24, 2.45) is 17.3 Å². The largest absolute Gasteiger partial charge is 0.300 e. The van der Waals surface area contributed by atoms with Crippen molar-refractivity contribution in [3.8, 4) is 0 Å². The van der Waals surface area contributed by atoms with Crippen LogP contribution in [0.25, 0.3) is 0 Å². The molecular formula is C15H28O. The van der Waals surface area contributed by atoms with Crippen LogP contribution in [-0.2, 0) is 4.79 Å². The second kappa shape index (κ2) is 5.84. The molecule has 0 aliphatic heterocycles. The van der Waals surface area contributed by atoms with Crippen molar-refractivity contribution >= 4 is 5.78 Å². The van der Waals surface area contributed by atoms with Crippen LogP contribution >= 0.6 is 0 Å². The normalized spacial score (nSPS) is 29.0. The van der Waals surface area contributed by atoms with Crippen molar-refractivity contribution in [2.45, 2.75) is 72.6 Å². The van der Waals surface area contributed by atoms with Crippen molar-refractivity contribution in [3.63, 3.8) is 0 Å². The van der Waals surface area contributed by atoms with Gasteiger partial charge in [0.25, 0.3) is 0 Å². The fourth-order valence-corrected chi connectivity index (χ4v) is 3.41. The number of hydrogen-bond acceptors (Lipinski definition) is 1. The summed E-state index contributed by atoms with van der Waals surface area (Å²) in [6, 6.07) is 0. The molecule has 1 saturated carbocycles. The zero-order chi connectivity index (χ0) is 12.2. The molecule has 1 aliphatic carbocycles. The van der Waals surface area contributed by atoms with E-state index in [1.165, 1.54) is 25.7 Å². The van der Waals surface area contributed by atoms with Gasteiger partial charge in [-0.1, -0.05) is 40.5 Å². The van der Waals surface area contributed by atoms with E-state index in [2.05, 4.69) is 20.8 Å². The predicted molar refractivity (Wildman–Crippen MR) is 69.4 cm³/mol. The minimum absolute atomic E-state index is 0.432. The molecule has 0 saturated heterocycles. The fraction of sp³-hybridized carbons (Fsp3) is 0.933. The summed E-state index contributed by atoms with van der Waals surface area (Å²) in [4.78, 5) is 11.3. The van der Waals surface area contributed by atoms with E-state index in [9.17, 15) is 4.79 Å². The Morgan fingerprint density at radius 2 is 2.06 bits per heavy atom. The summed E-state index contributed by atoms with van der Waals surface area (Å²) in [5, 5.41) is 0.